The number of nitrogens with one attached hydrogen (secondary N) is 1. The number of sulfonamides is 1. The summed E-state index contributed by atoms with van der Waals surface area (Å²) in [6.07, 6.45) is 0. The average molecular weight is 270 g/mol. The molecule has 5 heteroatoms. The van der Waals surface area contributed by atoms with Crippen molar-refractivity contribution >= 4 is 21.4 Å². The average Bonchev–Trinajstić information content (AvgIpc) is 2.07. The molecule has 0 saturated heterocycles. The molecule has 4 nitrogen and oxygen atoms in total. The molecule has 0 atom stereocenters. The third kappa shape index (κ3) is 4.22. The summed E-state index contributed by atoms with van der Waals surface area (Å²) in [7, 11) is -3.34. The maximum atomic E-state index is 12.1. The van der Waals surface area contributed by atoms with Crippen LogP contribution in [-0.2, 0) is 10.0 Å². The van der Waals surface area contributed by atoms with Crippen LogP contribution in [0.2, 0.25) is 0 Å². The molecule has 0 aliphatic rings. The van der Waals surface area contributed by atoms with E-state index in [1.165, 1.54) is 0 Å². The minimum atomic E-state index is -3.34. The molecule has 0 aliphatic heterocycles. The van der Waals surface area contributed by atoms with Crippen LogP contribution in [0.25, 0.3) is 0 Å². The monoisotopic (exact) mass is 270 g/mol. The molecule has 1 aromatic carbocycles. The molecule has 0 unspecified atom stereocenters. The van der Waals surface area contributed by atoms with E-state index in [1.807, 2.05) is 34.6 Å². The Labute approximate surface area is 110 Å². The summed E-state index contributed by atoms with van der Waals surface area (Å²) in [6.45, 7) is 9.38. The van der Waals surface area contributed by atoms with E-state index in [0.29, 0.717) is 11.4 Å². The maximum absolute atomic E-state index is 12.1. The number of anilines is 2. The molecule has 18 heavy (non-hydrogen) atoms. The van der Waals surface area contributed by atoms with E-state index < -0.39 is 10.0 Å². The van der Waals surface area contributed by atoms with Crippen LogP contribution in [0.15, 0.2) is 12.1 Å². The summed E-state index contributed by atoms with van der Waals surface area (Å²) >= 11 is 0. The van der Waals surface area contributed by atoms with Crippen LogP contribution < -0.4 is 10.5 Å². The molecule has 0 saturated carbocycles. The molecule has 102 valence electrons. The normalized spacial score (nSPS) is 12.5. The van der Waals surface area contributed by atoms with Crippen LogP contribution in [0.3, 0.4) is 0 Å². The highest BCUT2D eigenvalue weighted by Crippen LogP contribution is 2.26. The largest absolute Gasteiger partial charge is 0.399 e. The Morgan fingerprint density at radius 3 is 2.00 bits per heavy atom. The van der Waals surface area contributed by atoms with E-state index in [-0.39, 0.29) is 11.2 Å². The molecule has 0 heterocycles. The summed E-state index contributed by atoms with van der Waals surface area (Å²) in [6, 6.07) is 3.53. The van der Waals surface area contributed by atoms with Gasteiger partial charge in [0.2, 0.25) is 10.0 Å². The highest BCUT2D eigenvalue weighted by atomic mass is 32.2. The van der Waals surface area contributed by atoms with Crippen LogP contribution in [0.1, 0.15) is 31.9 Å². The first kappa shape index (κ1) is 14.8. The van der Waals surface area contributed by atoms with Crippen molar-refractivity contribution < 1.29 is 8.42 Å². The molecule has 0 fully saturated rings. The molecule has 3 N–H and O–H groups in total. The predicted molar refractivity (Wildman–Crippen MR) is 77.2 cm³/mol. The smallest absolute Gasteiger partial charge is 0.233 e. The number of nitrogen functional groups attached to an aromatic ring is 1. The Bertz CT molecular complexity index is 520. The molecule has 1 rings (SSSR count). The molecular weight excluding hydrogens is 248 g/mol. The Kier molecular flexibility index (Phi) is 3.96. The number of aryl methyl sites for hydroxylation is 2. The van der Waals surface area contributed by atoms with Crippen molar-refractivity contribution in [1.82, 2.24) is 0 Å². The molecule has 0 bridgehead atoms. The lowest BCUT2D eigenvalue weighted by Gasteiger charge is -2.20. The van der Waals surface area contributed by atoms with Gasteiger partial charge in [-0.1, -0.05) is 20.8 Å². The van der Waals surface area contributed by atoms with Gasteiger partial charge in [-0.3, -0.25) is 4.72 Å². The van der Waals surface area contributed by atoms with Crippen LogP contribution in [0, 0.1) is 19.3 Å². The third-order valence-electron chi connectivity index (χ3n) is 2.44. The summed E-state index contributed by atoms with van der Waals surface area (Å²) in [5.41, 5.74) is 8.39. The molecule has 0 aromatic heterocycles. The summed E-state index contributed by atoms with van der Waals surface area (Å²) in [4.78, 5) is 0. The minimum Gasteiger partial charge on any atom is -0.399 e. The van der Waals surface area contributed by atoms with Gasteiger partial charge in [0, 0.05) is 5.69 Å². The van der Waals surface area contributed by atoms with Crippen molar-refractivity contribution in [3.05, 3.63) is 23.3 Å². The molecule has 0 radical (unpaired) electrons. The highest BCUT2D eigenvalue weighted by Gasteiger charge is 2.22. The SMILES string of the molecule is Cc1cc(N)cc(C)c1NS(=O)(=O)CC(C)(C)C. The number of rotatable bonds is 3. The van der Waals surface area contributed by atoms with Crippen molar-refractivity contribution in [3.63, 3.8) is 0 Å². The first-order valence-electron chi connectivity index (χ1n) is 5.87. The van der Waals surface area contributed by atoms with Crippen molar-refractivity contribution in [2.45, 2.75) is 34.6 Å². The van der Waals surface area contributed by atoms with Gasteiger partial charge in [0.25, 0.3) is 0 Å². The van der Waals surface area contributed by atoms with Crippen molar-refractivity contribution in [2.75, 3.05) is 16.2 Å². The fourth-order valence-corrected chi connectivity index (χ4v) is 3.76. The van der Waals surface area contributed by atoms with Gasteiger partial charge in [-0.15, -0.1) is 0 Å². The van der Waals surface area contributed by atoms with E-state index in [4.69, 9.17) is 5.73 Å². The fourth-order valence-electron chi connectivity index (χ4n) is 1.92. The lowest BCUT2D eigenvalue weighted by molar-refractivity contribution is 0.463. The van der Waals surface area contributed by atoms with E-state index in [9.17, 15) is 8.42 Å². The van der Waals surface area contributed by atoms with Crippen LogP contribution in [0.4, 0.5) is 11.4 Å². The van der Waals surface area contributed by atoms with Crippen molar-refractivity contribution in [1.29, 1.82) is 0 Å². The Hall–Kier alpha value is -1.23. The van der Waals surface area contributed by atoms with Gasteiger partial charge in [-0.2, -0.15) is 0 Å². The molecule has 0 spiro atoms. The maximum Gasteiger partial charge on any atom is 0.233 e. The lowest BCUT2D eigenvalue weighted by atomic mass is 10.0. The van der Waals surface area contributed by atoms with Gasteiger partial charge >= 0.3 is 0 Å². The number of nitrogens with two attached hydrogens (primary N) is 1. The molecule has 0 amide bonds. The molecule has 0 aliphatic carbocycles. The van der Waals surface area contributed by atoms with E-state index in [2.05, 4.69) is 4.72 Å². The van der Waals surface area contributed by atoms with E-state index in [0.717, 1.165) is 11.1 Å². The Morgan fingerprint density at radius 1 is 1.17 bits per heavy atom. The molecular formula is C13H22N2O2S. The van der Waals surface area contributed by atoms with Gasteiger partial charge in [0.1, 0.15) is 0 Å². The van der Waals surface area contributed by atoms with Gasteiger partial charge in [0.15, 0.2) is 0 Å². The lowest BCUT2D eigenvalue weighted by Crippen LogP contribution is -2.26. The summed E-state index contributed by atoms with van der Waals surface area (Å²) in [5, 5.41) is 0. The standard InChI is InChI=1S/C13H22N2O2S/c1-9-6-11(14)7-10(2)12(9)15-18(16,17)8-13(3,4)5/h6-7,15H,8,14H2,1-5H3. The van der Waals surface area contributed by atoms with Crippen LogP contribution in [-0.4, -0.2) is 14.2 Å². The number of hydrogen-bond donors (Lipinski definition) is 2. The fraction of sp³-hybridized carbons (Fsp3) is 0.538. The third-order valence-corrected chi connectivity index (χ3v) is 4.20. The quantitative estimate of drug-likeness (QED) is 0.829. The topological polar surface area (TPSA) is 72.2 Å². The van der Waals surface area contributed by atoms with Crippen molar-refractivity contribution in [3.8, 4) is 0 Å². The van der Waals surface area contributed by atoms with Gasteiger partial charge < -0.3 is 5.73 Å². The van der Waals surface area contributed by atoms with E-state index in [1.54, 1.807) is 12.1 Å². The second-order valence-corrected chi connectivity index (χ2v) is 7.67. The second-order valence-electron chi connectivity index (χ2n) is 5.95. The summed E-state index contributed by atoms with van der Waals surface area (Å²) in [5.74, 6) is 0.0866. The van der Waals surface area contributed by atoms with Gasteiger partial charge in [-0.25, -0.2) is 8.42 Å². The first-order chi connectivity index (χ1) is 8.00. The number of benzene rings is 1. The zero-order chi connectivity index (χ0) is 14.1. The van der Waals surface area contributed by atoms with E-state index >= 15 is 0 Å². The van der Waals surface area contributed by atoms with Crippen LogP contribution in [0.5, 0.6) is 0 Å². The number of hydrogen-bond acceptors (Lipinski definition) is 3. The minimum absolute atomic E-state index is 0.0866. The van der Waals surface area contributed by atoms with Gasteiger partial charge in [0.05, 0.1) is 11.4 Å². The Morgan fingerprint density at radius 2 is 1.61 bits per heavy atom. The second kappa shape index (κ2) is 4.80. The Balaban J connectivity index is 3.06. The highest BCUT2D eigenvalue weighted by molar-refractivity contribution is 7.92. The summed E-state index contributed by atoms with van der Waals surface area (Å²) < 4.78 is 26.8. The first-order valence-corrected chi connectivity index (χ1v) is 7.53. The zero-order valence-electron chi connectivity index (χ0n) is 11.7. The van der Waals surface area contributed by atoms with Crippen molar-refractivity contribution in [2.24, 2.45) is 5.41 Å². The van der Waals surface area contributed by atoms with Crippen LogP contribution >= 0.6 is 0 Å². The zero-order valence-corrected chi connectivity index (χ0v) is 12.5. The predicted octanol–water partition coefficient (Wildman–Crippen LogP) is 2.67. The molecule has 1 aromatic rings. The van der Waals surface area contributed by atoms with Gasteiger partial charge in [-0.05, 0) is 42.5 Å².